The van der Waals surface area contributed by atoms with Crippen LogP contribution in [0.1, 0.15) is 65.7 Å². The average molecular weight is 266 g/mol. The Kier molecular flexibility index (Phi) is 5.70. The molecule has 2 fully saturated rings. The van der Waals surface area contributed by atoms with Crippen LogP contribution in [0.15, 0.2) is 0 Å². The molecule has 2 aliphatic rings. The van der Waals surface area contributed by atoms with Gasteiger partial charge >= 0.3 is 0 Å². The smallest absolute Gasteiger partial charge is 0.00503 e. The predicted molar refractivity (Wildman–Crippen MR) is 83.5 cm³/mol. The number of nitrogens with zero attached hydrogens (tertiary/aromatic N) is 1. The lowest BCUT2D eigenvalue weighted by atomic mass is 9.85. The van der Waals surface area contributed by atoms with E-state index in [0.29, 0.717) is 11.5 Å². The third-order valence-electron chi connectivity index (χ3n) is 4.86. The van der Waals surface area contributed by atoms with Crippen molar-refractivity contribution in [1.29, 1.82) is 0 Å². The molecule has 2 saturated carbocycles. The van der Waals surface area contributed by atoms with Gasteiger partial charge in [-0.1, -0.05) is 33.6 Å². The molecule has 0 unspecified atom stereocenters. The highest BCUT2D eigenvalue weighted by Gasteiger charge is 2.36. The van der Waals surface area contributed by atoms with E-state index in [9.17, 15) is 0 Å². The van der Waals surface area contributed by atoms with Crippen LogP contribution in [0.3, 0.4) is 0 Å². The molecule has 0 heterocycles. The SMILES string of the molecule is CCCN(CC1CC1)CC1(CNC(C)C)CCCC1. The van der Waals surface area contributed by atoms with E-state index in [2.05, 4.69) is 31.0 Å². The fourth-order valence-corrected chi connectivity index (χ4v) is 3.63. The van der Waals surface area contributed by atoms with Crippen molar-refractivity contribution in [2.75, 3.05) is 26.2 Å². The molecule has 19 heavy (non-hydrogen) atoms. The van der Waals surface area contributed by atoms with E-state index >= 15 is 0 Å². The molecular formula is C17H34N2. The molecule has 2 heteroatoms. The van der Waals surface area contributed by atoms with Crippen molar-refractivity contribution in [2.45, 2.75) is 71.8 Å². The van der Waals surface area contributed by atoms with E-state index in [0.717, 1.165) is 5.92 Å². The third kappa shape index (κ3) is 5.07. The van der Waals surface area contributed by atoms with Crippen LogP contribution in [0.4, 0.5) is 0 Å². The molecule has 2 aliphatic carbocycles. The van der Waals surface area contributed by atoms with Crippen LogP contribution in [-0.2, 0) is 0 Å². The van der Waals surface area contributed by atoms with E-state index in [4.69, 9.17) is 0 Å². The summed E-state index contributed by atoms with van der Waals surface area (Å²) in [5.74, 6) is 1.03. The Bertz CT molecular complexity index is 252. The summed E-state index contributed by atoms with van der Waals surface area (Å²) >= 11 is 0. The fraction of sp³-hybridized carbons (Fsp3) is 1.00. The van der Waals surface area contributed by atoms with Crippen LogP contribution >= 0.6 is 0 Å². The molecular weight excluding hydrogens is 232 g/mol. The first-order chi connectivity index (χ1) is 9.13. The van der Waals surface area contributed by atoms with Crippen LogP contribution in [0.5, 0.6) is 0 Å². The number of rotatable bonds is 9. The molecule has 0 aromatic carbocycles. The highest BCUT2D eigenvalue weighted by atomic mass is 15.1. The van der Waals surface area contributed by atoms with E-state index in [-0.39, 0.29) is 0 Å². The summed E-state index contributed by atoms with van der Waals surface area (Å²) < 4.78 is 0. The van der Waals surface area contributed by atoms with Crippen LogP contribution < -0.4 is 5.32 Å². The van der Waals surface area contributed by atoms with Crippen LogP contribution in [0.25, 0.3) is 0 Å². The average Bonchev–Trinajstić information content (AvgIpc) is 3.05. The minimum atomic E-state index is 0.578. The minimum absolute atomic E-state index is 0.578. The molecule has 2 rings (SSSR count). The lowest BCUT2D eigenvalue weighted by Gasteiger charge is -2.36. The molecule has 112 valence electrons. The summed E-state index contributed by atoms with van der Waals surface area (Å²) in [5.41, 5.74) is 0.578. The van der Waals surface area contributed by atoms with Gasteiger partial charge in [0.05, 0.1) is 0 Å². The lowest BCUT2D eigenvalue weighted by Crippen LogP contribution is -2.45. The Hall–Kier alpha value is -0.0800. The fourth-order valence-electron chi connectivity index (χ4n) is 3.63. The highest BCUT2D eigenvalue weighted by Crippen LogP contribution is 2.39. The van der Waals surface area contributed by atoms with E-state index < -0.39 is 0 Å². The van der Waals surface area contributed by atoms with E-state index in [1.165, 1.54) is 71.1 Å². The van der Waals surface area contributed by atoms with Gasteiger partial charge in [0.2, 0.25) is 0 Å². The standard InChI is InChI=1S/C17H34N2/c1-4-11-19(12-16-7-8-16)14-17(9-5-6-10-17)13-18-15(2)3/h15-16,18H,4-14H2,1-3H3. The topological polar surface area (TPSA) is 15.3 Å². The second kappa shape index (κ2) is 7.08. The summed E-state index contributed by atoms with van der Waals surface area (Å²) in [4.78, 5) is 2.78. The molecule has 0 bridgehead atoms. The van der Waals surface area contributed by atoms with Crippen molar-refractivity contribution in [3.63, 3.8) is 0 Å². The predicted octanol–water partition coefficient (Wildman–Crippen LogP) is 3.67. The zero-order chi connectivity index (χ0) is 13.7. The minimum Gasteiger partial charge on any atom is -0.314 e. The highest BCUT2D eigenvalue weighted by molar-refractivity contribution is 4.91. The Morgan fingerprint density at radius 2 is 1.89 bits per heavy atom. The van der Waals surface area contributed by atoms with Crippen molar-refractivity contribution in [3.8, 4) is 0 Å². The molecule has 2 nitrogen and oxygen atoms in total. The Balaban J connectivity index is 1.88. The Morgan fingerprint density at radius 3 is 2.42 bits per heavy atom. The quantitative estimate of drug-likeness (QED) is 0.685. The number of nitrogens with one attached hydrogen (secondary N) is 1. The number of hydrogen-bond acceptors (Lipinski definition) is 2. The zero-order valence-electron chi connectivity index (χ0n) is 13.4. The van der Waals surface area contributed by atoms with Crippen LogP contribution in [0, 0.1) is 11.3 Å². The van der Waals surface area contributed by atoms with Gasteiger partial charge in [-0.05, 0) is 50.0 Å². The molecule has 0 atom stereocenters. The second-order valence-electron chi connectivity index (χ2n) is 7.42. The first-order valence-electron chi connectivity index (χ1n) is 8.59. The Morgan fingerprint density at radius 1 is 1.21 bits per heavy atom. The molecule has 0 spiro atoms. The maximum atomic E-state index is 3.72. The maximum Gasteiger partial charge on any atom is 0.00503 e. The largest absolute Gasteiger partial charge is 0.314 e. The van der Waals surface area contributed by atoms with E-state index in [1.807, 2.05) is 0 Å². The van der Waals surface area contributed by atoms with Gasteiger partial charge in [-0.25, -0.2) is 0 Å². The van der Waals surface area contributed by atoms with Gasteiger partial charge in [0.25, 0.3) is 0 Å². The van der Waals surface area contributed by atoms with Gasteiger partial charge in [0.15, 0.2) is 0 Å². The van der Waals surface area contributed by atoms with Gasteiger partial charge in [0.1, 0.15) is 0 Å². The number of hydrogen-bond donors (Lipinski definition) is 1. The summed E-state index contributed by atoms with van der Waals surface area (Å²) in [6.45, 7) is 12.1. The first kappa shape index (κ1) is 15.3. The molecule has 0 saturated heterocycles. The van der Waals surface area contributed by atoms with Crippen molar-refractivity contribution in [1.82, 2.24) is 10.2 Å². The second-order valence-corrected chi connectivity index (χ2v) is 7.42. The van der Waals surface area contributed by atoms with Gasteiger partial charge in [-0.3, -0.25) is 0 Å². The molecule has 0 aliphatic heterocycles. The summed E-state index contributed by atoms with van der Waals surface area (Å²) in [7, 11) is 0. The zero-order valence-corrected chi connectivity index (χ0v) is 13.4. The third-order valence-corrected chi connectivity index (χ3v) is 4.86. The molecule has 0 aromatic rings. The maximum absolute atomic E-state index is 3.72. The van der Waals surface area contributed by atoms with Gasteiger partial charge < -0.3 is 10.2 Å². The van der Waals surface area contributed by atoms with Gasteiger partial charge in [-0.15, -0.1) is 0 Å². The van der Waals surface area contributed by atoms with Crippen molar-refractivity contribution >= 4 is 0 Å². The summed E-state index contributed by atoms with van der Waals surface area (Å²) in [5, 5.41) is 3.72. The molecule has 1 N–H and O–H groups in total. The lowest BCUT2D eigenvalue weighted by molar-refractivity contribution is 0.141. The summed E-state index contributed by atoms with van der Waals surface area (Å²) in [6, 6.07) is 0.625. The summed E-state index contributed by atoms with van der Waals surface area (Å²) in [6.07, 6.45) is 10.1. The van der Waals surface area contributed by atoms with E-state index in [1.54, 1.807) is 0 Å². The van der Waals surface area contributed by atoms with Crippen molar-refractivity contribution in [3.05, 3.63) is 0 Å². The Labute approximate surface area is 120 Å². The molecule has 0 radical (unpaired) electrons. The van der Waals surface area contributed by atoms with Crippen LogP contribution in [0.2, 0.25) is 0 Å². The normalized spacial score (nSPS) is 22.6. The van der Waals surface area contributed by atoms with Crippen molar-refractivity contribution < 1.29 is 0 Å². The first-order valence-corrected chi connectivity index (χ1v) is 8.59. The van der Waals surface area contributed by atoms with Crippen molar-refractivity contribution in [2.24, 2.45) is 11.3 Å². The van der Waals surface area contributed by atoms with Crippen LogP contribution in [-0.4, -0.2) is 37.1 Å². The van der Waals surface area contributed by atoms with Gasteiger partial charge in [0, 0.05) is 25.7 Å². The molecule has 0 amide bonds. The molecule has 0 aromatic heterocycles. The van der Waals surface area contributed by atoms with Gasteiger partial charge in [-0.2, -0.15) is 0 Å². The monoisotopic (exact) mass is 266 g/mol.